The second-order valence-electron chi connectivity index (χ2n) is 5.70. The maximum absolute atomic E-state index is 9.90. The average Bonchev–Trinajstić information content (AvgIpc) is 2.32. The number of piperazine rings is 1. The van der Waals surface area contributed by atoms with Crippen molar-refractivity contribution in [1.29, 1.82) is 0 Å². The minimum Gasteiger partial charge on any atom is -0.508 e. The standard InChI is InChI=1S/C15H24N2O/c1-12(2)10-13-11-14(4-5-15(13)18)17-8-6-16(3)7-9-17/h4-5,11-12,18H,6-10H2,1-3H3. The molecule has 0 bridgehead atoms. The van der Waals surface area contributed by atoms with Gasteiger partial charge in [-0.05, 0) is 43.1 Å². The number of rotatable bonds is 3. The van der Waals surface area contributed by atoms with Gasteiger partial charge in [0.1, 0.15) is 5.75 Å². The SMILES string of the molecule is CC(C)Cc1cc(N2CCN(C)CC2)ccc1O. The van der Waals surface area contributed by atoms with Crippen LogP contribution < -0.4 is 4.90 Å². The minimum atomic E-state index is 0.432. The zero-order chi connectivity index (χ0) is 13.1. The molecule has 1 aromatic rings. The van der Waals surface area contributed by atoms with Crippen molar-refractivity contribution in [3.8, 4) is 5.75 Å². The van der Waals surface area contributed by atoms with E-state index in [1.54, 1.807) is 0 Å². The molecule has 3 heteroatoms. The maximum Gasteiger partial charge on any atom is 0.118 e. The summed E-state index contributed by atoms with van der Waals surface area (Å²) in [5, 5.41) is 9.90. The van der Waals surface area contributed by atoms with E-state index in [2.05, 4.69) is 36.8 Å². The molecule has 0 unspecified atom stereocenters. The third kappa shape index (κ3) is 3.16. The third-order valence-corrected chi connectivity index (χ3v) is 3.56. The number of aromatic hydroxyl groups is 1. The summed E-state index contributed by atoms with van der Waals surface area (Å²) in [5.41, 5.74) is 2.32. The smallest absolute Gasteiger partial charge is 0.118 e. The number of phenols is 1. The molecule has 1 aromatic carbocycles. The van der Waals surface area contributed by atoms with Crippen LogP contribution in [0.5, 0.6) is 5.75 Å². The summed E-state index contributed by atoms with van der Waals surface area (Å²) in [7, 11) is 2.17. The molecular formula is C15H24N2O. The molecule has 1 saturated heterocycles. The zero-order valence-electron chi connectivity index (χ0n) is 11.7. The van der Waals surface area contributed by atoms with Crippen molar-refractivity contribution in [3.05, 3.63) is 23.8 Å². The van der Waals surface area contributed by atoms with E-state index >= 15 is 0 Å². The lowest BCUT2D eigenvalue weighted by Gasteiger charge is -2.34. The van der Waals surface area contributed by atoms with Crippen molar-refractivity contribution in [2.75, 3.05) is 38.1 Å². The van der Waals surface area contributed by atoms with Gasteiger partial charge < -0.3 is 14.9 Å². The van der Waals surface area contributed by atoms with Crippen LogP contribution in [0.2, 0.25) is 0 Å². The maximum atomic E-state index is 9.90. The molecule has 1 N–H and O–H groups in total. The summed E-state index contributed by atoms with van der Waals surface area (Å²) in [4.78, 5) is 4.76. The Bertz CT molecular complexity index is 395. The van der Waals surface area contributed by atoms with Gasteiger partial charge in [-0.2, -0.15) is 0 Å². The van der Waals surface area contributed by atoms with Gasteiger partial charge in [0.25, 0.3) is 0 Å². The van der Waals surface area contributed by atoms with Gasteiger partial charge in [-0.1, -0.05) is 13.8 Å². The number of benzene rings is 1. The van der Waals surface area contributed by atoms with Gasteiger partial charge in [0.05, 0.1) is 0 Å². The van der Waals surface area contributed by atoms with E-state index in [1.807, 2.05) is 12.1 Å². The number of likely N-dealkylation sites (N-methyl/N-ethyl adjacent to an activating group) is 1. The largest absolute Gasteiger partial charge is 0.508 e. The highest BCUT2D eigenvalue weighted by Crippen LogP contribution is 2.26. The predicted molar refractivity (Wildman–Crippen MR) is 76.4 cm³/mol. The fourth-order valence-corrected chi connectivity index (χ4v) is 2.44. The summed E-state index contributed by atoms with van der Waals surface area (Å²) in [6.07, 6.45) is 0.938. The first-order chi connectivity index (χ1) is 8.56. The second-order valence-corrected chi connectivity index (χ2v) is 5.70. The van der Waals surface area contributed by atoms with Gasteiger partial charge in [-0.25, -0.2) is 0 Å². The van der Waals surface area contributed by atoms with Crippen LogP contribution in [0.15, 0.2) is 18.2 Å². The molecule has 0 radical (unpaired) electrons. The van der Waals surface area contributed by atoms with E-state index in [1.165, 1.54) is 5.69 Å². The third-order valence-electron chi connectivity index (χ3n) is 3.56. The van der Waals surface area contributed by atoms with Crippen molar-refractivity contribution < 1.29 is 5.11 Å². The first-order valence-electron chi connectivity index (χ1n) is 6.81. The van der Waals surface area contributed by atoms with E-state index in [-0.39, 0.29) is 0 Å². The van der Waals surface area contributed by atoms with Crippen LogP contribution in [0.25, 0.3) is 0 Å². The highest BCUT2D eigenvalue weighted by Gasteiger charge is 2.15. The summed E-state index contributed by atoms with van der Waals surface area (Å²) in [5.74, 6) is 1.00. The average molecular weight is 248 g/mol. The van der Waals surface area contributed by atoms with Crippen LogP contribution in [0, 0.1) is 5.92 Å². The molecule has 1 aliphatic rings. The number of anilines is 1. The number of nitrogens with zero attached hydrogens (tertiary/aromatic N) is 2. The van der Waals surface area contributed by atoms with Crippen LogP contribution in [0.4, 0.5) is 5.69 Å². The first-order valence-corrected chi connectivity index (χ1v) is 6.81. The van der Waals surface area contributed by atoms with E-state index in [0.717, 1.165) is 38.2 Å². The normalized spacial score (nSPS) is 17.4. The number of hydrogen-bond donors (Lipinski definition) is 1. The van der Waals surface area contributed by atoms with Crippen LogP contribution in [0.3, 0.4) is 0 Å². The lowest BCUT2D eigenvalue weighted by molar-refractivity contribution is 0.313. The Kier molecular flexibility index (Phi) is 4.12. The Morgan fingerprint density at radius 2 is 1.83 bits per heavy atom. The van der Waals surface area contributed by atoms with Gasteiger partial charge in [-0.3, -0.25) is 0 Å². The molecule has 0 spiro atoms. The van der Waals surface area contributed by atoms with Gasteiger partial charge in [-0.15, -0.1) is 0 Å². The van der Waals surface area contributed by atoms with Gasteiger partial charge in [0.15, 0.2) is 0 Å². The molecule has 18 heavy (non-hydrogen) atoms. The summed E-state index contributed by atoms with van der Waals surface area (Å²) < 4.78 is 0. The molecule has 1 heterocycles. The molecule has 0 aromatic heterocycles. The van der Waals surface area contributed by atoms with E-state index in [9.17, 15) is 5.11 Å². The molecule has 0 saturated carbocycles. The summed E-state index contributed by atoms with van der Waals surface area (Å²) in [6, 6.07) is 6.02. The quantitative estimate of drug-likeness (QED) is 0.889. The fraction of sp³-hybridized carbons (Fsp3) is 0.600. The van der Waals surface area contributed by atoms with Crippen molar-refractivity contribution in [1.82, 2.24) is 4.90 Å². The molecule has 0 atom stereocenters. The fourth-order valence-electron chi connectivity index (χ4n) is 2.44. The molecule has 2 rings (SSSR count). The van der Waals surface area contributed by atoms with E-state index in [0.29, 0.717) is 11.7 Å². The van der Waals surface area contributed by atoms with Crippen molar-refractivity contribution >= 4 is 5.69 Å². The molecule has 100 valence electrons. The lowest BCUT2D eigenvalue weighted by atomic mass is 10.0. The van der Waals surface area contributed by atoms with Crippen LogP contribution in [0.1, 0.15) is 19.4 Å². The van der Waals surface area contributed by atoms with E-state index in [4.69, 9.17) is 0 Å². The Hall–Kier alpha value is -1.22. The molecule has 3 nitrogen and oxygen atoms in total. The molecular weight excluding hydrogens is 224 g/mol. The summed E-state index contributed by atoms with van der Waals surface area (Å²) in [6.45, 7) is 8.73. The first kappa shape index (κ1) is 13.2. The molecule has 1 aliphatic heterocycles. The van der Waals surface area contributed by atoms with Crippen molar-refractivity contribution in [2.24, 2.45) is 5.92 Å². The number of hydrogen-bond acceptors (Lipinski definition) is 3. The minimum absolute atomic E-state index is 0.432. The number of phenolic OH excluding ortho intramolecular Hbond substituents is 1. The monoisotopic (exact) mass is 248 g/mol. The highest BCUT2D eigenvalue weighted by atomic mass is 16.3. The predicted octanol–water partition coefficient (Wildman–Crippen LogP) is 2.34. The topological polar surface area (TPSA) is 26.7 Å². The van der Waals surface area contributed by atoms with Crippen LogP contribution >= 0.6 is 0 Å². The molecule has 1 fully saturated rings. The Morgan fingerprint density at radius 1 is 1.17 bits per heavy atom. The van der Waals surface area contributed by atoms with E-state index < -0.39 is 0 Å². The lowest BCUT2D eigenvalue weighted by Crippen LogP contribution is -2.44. The zero-order valence-corrected chi connectivity index (χ0v) is 11.7. The Balaban J connectivity index is 2.13. The Labute approximate surface area is 110 Å². The van der Waals surface area contributed by atoms with Crippen molar-refractivity contribution in [3.63, 3.8) is 0 Å². The second kappa shape index (κ2) is 5.61. The highest BCUT2D eigenvalue weighted by molar-refractivity contribution is 5.53. The van der Waals surface area contributed by atoms with Crippen LogP contribution in [-0.2, 0) is 6.42 Å². The van der Waals surface area contributed by atoms with Gasteiger partial charge in [0.2, 0.25) is 0 Å². The van der Waals surface area contributed by atoms with Gasteiger partial charge >= 0.3 is 0 Å². The Morgan fingerprint density at radius 3 is 2.44 bits per heavy atom. The van der Waals surface area contributed by atoms with Crippen molar-refractivity contribution in [2.45, 2.75) is 20.3 Å². The van der Waals surface area contributed by atoms with Gasteiger partial charge in [0, 0.05) is 31.9 Å². The molecule has 0 amide bonds. The van der Waals surface area contributed by atoms with Crippen LogP contribution in [-0.4, -0.2) is 43.2 Å². The summed E-state index contributed by atoms with van der Waals surface area (Å²) >= 11 is 0. The molecule has 0 aliphatic carbocycles.